The zero-order chi connectivity index (χ0) is 18.6. The first-order valence-electron chi connectivity index (χ1n) is 8.11. The largest absolute Gasteiger partial charge is 0.452 e. The Balaban J connectivity index is 1.74. The lowest BCUT2D eigenvalue weighted by molar-refractivity contribution is -0.122. The van der Waals surface area contributed by atoms with Gasteiger partial charge in [0.15, 0.2) is 16.4 Å². The predicted molar refractivity (Wildman–Crippen MR) is 95.5 cm³/mol. The van der Waals surface area contributed by atoms with Gasteiger partial charge in [-0.2, -0.15) is 0 Å². The molecule has 7 nitrogen and oxygen atoms in total. The molecule has 0 N–H and O–H groups in total. The molecule has 0 saturated carbocycles. The number of carbonyl (C=O) groups excluding carboxylic acids is 2. The first-order valence-corrected chi connectivity index (χ1v) is 9.93. The van der Waals surface area contributed by atoms with Gasteiger partial charge >= 0.3 is 5.97 Å². The second kappa shape index (κ2) is 7.65. The number of pyridine rings is 1. The maximum absolute atomic E-state index is 12.7. The minimum absolute atomic E-state index is 0.0454. The number of aromatic nitrogens is 1. The van der Waals surface area contributed by atoms with E-state index >= 15 is 0 Å². The fraction of sp³-hybridized carbons (Fsp3) is 0.278. The SMILES string of the molecule is O=C(OCC(=O)N(c1ccccc1)[C@H]1CCS(=O)(=O)C1)c1cccnc1. The normalized spacial score (nSPS) is 18.2. The van der Waals surface area contributed by atoms with E-state index in [0.29, 0.717) is 12.1 Å². The van der Waals surface area contributed by atoms with Crippen molar-refractivity contribution in [1.29, 1.82) is 0 Å². The first-order chi connectivity index (χ1) is 12.5. The van der Waals surface area contributed by atoms with Crippen LogP contribution in [0.4, 0.5) is 5.69 Å². The number of para-hydroxylation sites is 1. The molecule has 1 aliphatic heterocycles. The second-order valence-electron chi connectivity index (χ2n) is 5.97. The van der Waals surface area contributed by atoms with E-state index in [9.17, 15) is 18.0 Å². The molecule has 1 amide bonds. The molecule has 1 aromatic carbocycles. The van der Waals surface area contributed by atoms with Crippen molar-refractivity contribution < 1.29 is 22.7 Å². The Bertz CT molecular complexity index is 884. The lowest BCUT2D eigenvalue weighted by atomic mass is 10.2. The van der Waals surface area contributed by atoms with Gasteiger partial charge in [0, 0.05) is 18.1 Å². The number of benzene rings is 1. The van der Waals surface area contributed by atoms with Crippen LogP contribution in [0, 0.1) is 0 Å². The molecule has 8 heteroatoms. The quantitative estimate of drug-likeness (QED) is 0.736. The highest BCUT2D eigenvalue weighted by atomic mass is 32.2. The maximum Gasteiger partial charge on any atom is 0.340 e. The summed E-state index contributed by atoms with van der Waals surface area (Å²) in [6.45, 7) is -0.473. The molecule has 2 aromatic rings. The van der Waals surface area contributed by atoms with Crippen LogP contribution < -0.4 is 4.90 Å². The monoisotopic (exact) mass is 374 g/mol. The molecule has 0 bridgehead atoms. The van der Waals surface area contributed by atoms with E-state index in [0.717, 1.165) is 0 Å². The molecule has 26 heavy (non-hydrogen) atoms. The van der Waals surface area contributed by atoms with Crippen LogP contribution in [0.1, 0.15) is 16.8 Å². The molecule has 2 heterocycles. The predicted octanol–water partition coefficient (Wildman–Crippen LogP) is 1.46. The molecular weight excluding hydrogens is 356 g/mol. The van der Waals surface area contributed by atoms with E-state index in [1.54, 1.807) is 36.4 Å². The van der Waals surface area contributed by atoms with E-state index in [1.807, 2.05) is 0 Å². The van der Waals surface area contributed by atoms with Gasteiger partial charge in [0.2, 0.25) is 0 Å². The molecule has 0 aliphatic carbocycles. The lowest BCUT2D eigenvalue weighted by Gasteiger charge is -2.28. The third-order valence-corrected chi connectivity index (χ3v) is 5.85. The molecule has 1 aliphatic rings. The first kappa shape index (κ1) is 18.1. The lowest BCUT2D eigenvalue weighted by Crippen LogP contribution is -2.43. The molecule has 136 valence electrons. The maximum atomic E-state index is 12.7. The second-order valence-corrected chi connectivity index (χ2v) is 8.20. The van der Waals surface area contributed by atoms with Gasteiger partial charge in [0.1, 0.15) is 0 Å². The van der Waals surface area contributed by atoms with Crippen molar-refractivity contribution in [2.24, 2.45) is 0 Å². The number of amides is 1. The summed E-state index contributed by atoms with van der Waals surface area (Å²) in [5.74, 6) is -1.16. The van der Waals surface area contributed by atoms with Gasteiger partial charge < -0.3 is 9.64 Å². The van der Waals surface area contributed by atoms with Gasteiger partial charge in [-0.1, -0.05) is 18.2 Å². The molecule has 0 spiro atoms. The van der Waals surface area contributed by atoms with Crippen LogP contribution in [0.3, 0.4) is 0 Å². The molecule has 1 saturated heterocycles. The Kier molecular flexibility index (Phi) is 5.32. The Morgan fingerprint density at radius 2 is 1.92 bits per heavy atom. The average molecular weight is 374 g/mol. The smallest absolute Gasteiger partial charge is 0.340 e. The van der Waals surface area contributed by atoms with Crippen molar-refractivity contribution >= 4 is 27.4 Å². The Morgan fingerprint density at radius 3 is 2.54 bits per heavy atom. The number of rotatable bonds is 5. The Hall–Kier alpha value is -2.74. The topological polar surface area (TPSA) is 93.6 Å². The number of esters is 1. The van der Waals surface area contributed by atoms with Gasteiger partial charge in [-0.15, -0.1) is 0 Å². The average Bonchev–Trinajstić information content (AvgIpc) is 3.01. The number of nitrogens with zero attached hydrogens (tertiary/aromatic N) is 2. The molecule has 0 unspecified atom stereocenters. The van der Waals surface area contributed by atoms with Crippen molar-refractivity contribution in [3.8, 4) is 0 Å². The zero-order valence-corrected chi connectivity index (χ0v) is 14.8. The van der Waals surface area contributed by atoms with E-state index in [1.165, 1.54) is 23.4 Å². The van der Waals surface area contributed by atoms with Gasteiger partial charge in [-0.3, -0.25) is 9.78 Å². The molecule has 1 aromatic heterocycles. The summed E-state index contributed by atoms with van der Waals surface area (Å²) in [7, 11) is -3.17. The molecule has 1 atom stereocenters. The summed E-state index contributed by atoms with van der Waals surface area (Å²) in [5.41, 5.74) is 0.826. The zero-order valence-electron chi connectivity index (χ0n) is 13.9. The third-order valence-electron chi connectivity index (χ3n) is 4.10. The Morgan fingerprint density at radius 1 is 1.15 bits per heavy atom. The number of ether oxygens (including phenoxy) is 1. The summed E-state index contributed by atoms with van der Waals surface area (Å²) in [4.78, 5) is 30.0. The standard InChI is InChI=1S/C18H18N2O5S/c21-17(12-25-18(22)14-5-4-9-19-11-14)20(15-6-2-1-3-7-15)16-8-10-26(23,24)13-16/h1-7,9,11,16H,8,10,12-13H2/t16-/m0/s1. The van der Waals surface area contributed by atoms with Crippen LogP contribution in [-0.4, -0.2) is 49.4 Å². The number of hydrogen-bond donors (Lipinski definition) is 0. The van der Waals surface area contributed by atoms with E-state index in [-0.39, 0.29) is 17.1 Å². The molecule has 3 rings (SSSR count). The van der Waals surface area contributed by atoms with Crippen LogP contribution in [0.5, 0.6) is 0 Å². The van der Waals surface area contributed by atoms with Gasteiger partial charge in [0.05, 0.1) is 23.1 Å². The minimum Gasteiger partial charge on any atom is -0.452 e. The van der Waals surface area contributed by atoms with Gasteiger partial charge in [0.25, 0.3) is 5.91 Å². The number of sulfone groups is 1. The van der Waals surface area contributed by atoms with Crippen LogP contribution in [0.25, 0.3) is 0 Å². The van der Waals surface area contributed by atoms with Crippen molar-refractivity contribution in [2.75, 3.05) is 23.0 Å². The number of anilines is 1. The summed E-state index contributed by atoms with van der Waals surface area (Å²) in [6.07, 6.45) is 3.24. The molecular formula is C18H18N2O5S. The molecule has 0 radical (unpaired) electrons. The van der Waals surface area contributed by atoms with Crippen molar-refractivity contribution in [1.82, 2.24) is 4.98 Å². The number of carbonyl (C=O) groups is 2. The highest BCUT2D eigenvalue weighted by Gasteiger charge is 2.35. The number of hydrogen-bond acceptors (Lipinski definition) is 6. The van der Waals surface area contributed by atoms with Crippen LogP contribution >= 0.6 is 0 Å². The van der Waals surface area contributed by atoms with E-state index < -0.39 is 34.4 Å². The fourth-order valence-electron chi connectivity index (χ4n) is 2.89. The third kappa shape index (κ3) is 4.26. The van der Waals surface area contributed by atoms with E-state index in [2.05, 4.69) is 4.98 Å². The van der Waals surface area contributed by atoms with Crippen molar-refractivity contribution in [3.63, 3.8) is 0 Å². The van der Waals surface area contributed by atoms with E-state index in [4.69, 9.17) is 4.74 Å². The summed E-state index contributed by atoms with van der Waals surface area (Å²) in [6, 6.07) is 11.5. The Labute approximate surface area is 151 Å². The summed E-state index contributed by atoms with van der Waals surface area (Å²) in [5, 5.41) is 0. The summed E-state index contributed by atoms with van der Waals surface area (Å²) >= 11 is 0. The highest BCUT2D eigenvalue weighted by Crippen LogP contribution is 2.24. The minimum atomic E-state index is -3.17. The van der Waals surface area contributed by atoms with Gasteiger partial charge in [-0.25, -0.2) is 13.2 Å². The molecule has 1 fully saturated rings. The fourth-order valence-corrected chi connectivity index (χ4v) is 4.59. The van der Waals surface area contributed by atoms with Gasteiger partial charge in [-0.05, 0) is 30.7 Å². The van der Waals surface area contributed by atoms with Crippen molar-refractivity contribution in [3.05, 3.63) is 60.4 Å². The van der Waals surface area contributed by atoms with Crippen LogP contribution in [0.15, 0.2) is 54.9 Å². The van der Waals surface area contributed by atoms with Crippen LogP contribution in [-0.2, 0) is 19.4 Å². The van der Waals surface area contributed by atoms with Crippen molar-refractivity contribution in [2.45, 2.75) is 12.5 Å². The van der Waals surface area contributed by atoms with Crippen LogP contribution in [0.2, 0.25) is 0 Å². The summed E-state index contributed by atoms with van der Waals surface area (Å²) < 4.78 is 28.7. The highest BCUT2D eigenvalue weighted by molar-refractivity contribution is 7.91.